The zero-order valence-electron chi connectivity index (χ0n) is 14.5. The number of nitrogens with zero attached hydrogens (tertiary/aromatic N) is 1. The van der Waals surface area contributed by atoms with Crippen LogP contribution in [-0.4, -0.2) is 31.4 Å². The van der Waals surface area contributed by atoms with Crippen molar-refractivity contribution in [3.63, 3.8) is 0 Å². The van der Waals surface area contributed by atoms with Crippen LogP contribution in [0.25, 0.3) is 0 Å². The summed E-state index contributed by atoms with van der Waals surface area (Å²) in [7, 11) is 2.73. The van der Waals surface area contributed by atoms with Crippen molar-refractivity contribution in [2.75, 3.05) is 14.2 Å². The van der Waals surface area contributed by atoms with Gasteiger partial charge >= 0.3 is 6.18 Å². The lowest BCUT2D eigenvalue weighted by Crippen LogP contribution is -2.20. The molecule has 27 heavy (non-hydrogen) atoms. The summed E-state index contributed by atoms with van der Waals surface area (Å²) in [6.07, 6.45) is -3.44. The number of phenols is 1. The van der Waals surface area contributed by atoms with Crippen molar-refractivity contribution in [3.05, 3.63) is 53.1 Å². The molecule has 1 amide bonds. The number of carbonyl (C=O) groups excluding carboxylic acids is 1. The number of benzene rings is 2. The van der Waals surface area contributed by atoms with Crippen molar-refractivity contribution in [1.29, 1.82) is 0 Å². The average Bonchev–Trinajstić information content (AvgIpc) is 2.62. The molecule has 9 heteroatoms. The van der Waals surface area contributed by atoms with Crippen LogP contribution in [0.5, 0.6) is 17.2 Å². The highest BCUT2D eigenvalue weighted by molar-refractivity contribution is 5.84. The average molecular weight is 382 g/mol. The highest BCUT2D eigenvalue weighted by Crippen LogP contribution is 2.36. The molecule has 0 radical (unpaired) electrons. The predicted molar refractivity (Wildman–Crippen MR) is 92.1 cm³/mol. The minimum atomic E-state index is -4.47. The highest BCUT2D eigenvalue weighted by atomic mass is 19.4. The van der Waals surface area contributed by atoms with Crippen molar-refractivity contribution < 1.29 is 32.5 Å². The van der Waals surface area contributed by atoms with E-state index in [1.807, 2.05) is 0 Å². The summed E-state index contributed by atoms with van der Waals surface area (Å²) in [5, 5.41) is 13.6. The van der Waals surface area contributed by atoms with Gasteiger partial charge in [-0.2, -0.15) is 18.3 Å². The molecule has 144 valence electrons. The van der Waals surface area contributed by atoms with Gasteiger partial charge in [0, 0.05) is 5.56 Å². The van der Waals surface area contributed by atoms with E-state index in [1.165, 1.54) is 44.7 Å². The fourth-order valence-corrected chi connectivity index (χ4v) is 2.25. The monoisotopic (exact) mass is 382 g/mol. The first-order valence-corrected chi connectivity index (χ1v) is 7.67. The maximum absolute atomic E-state index is 12.7. The number of phenolic OH excluding ortho intramolecular Hbond substituents is 1. The van der Waals surface area contributed by atoms with Gasteiger partial charge < -0.3 is 14.6 Å². The Morgan fingerprint density at radius 3 is 2.37 bits per heavy atom. The Morgan fingerprint density at radius 1 is 1.19 bits per heavy atom. The standard InChI is InChI=1S/C18H17F3N2O4/c1-26-14-7-12(8-15(27-2)17(14)25)10-22-23-16(24)9-11-4-3-5-13(6-11)18(19,20)21/h3-8,10,25H,9H2,1-2H3,(H,23,24). The van der Waals surface area contributed by atoms with Crippen molar-refractivity contribution in [2.45, 2.75) is 12.6 Å². The van der Waals surface area contributed by atoms with Crippen LogP contribution in [-0.2, 0) is 17.4 Å². The second-order valence-electron chi connectivity index (χ2n) is 5.44. The molecule has 0 saturated heterocycles. The van der Waals surface area contributed by atoms with Crippen LogP contribution >= 0.6 is 0 Å². The van der Waals surface area contributed by atoms with E-state index in [0.717, 1.165) is 12.1 Å². The summed E-state index contributed by atoms with van der Waals surface area (Å²) in [5.41, 5.74) is 2.10. The number of ether oxygens (including phenoxy) is 2. The molecule has 0 aromatic heterocycles. The Balaban J connectivity index is 2.04. The minimum absolute atomic E-state index is 0.158. The zero-order chi connectivity index (χ0) is 20.0. The van der Waals surface area contributed by atoms with Crippen molar-refractivity contribution in [3.8, 4) is 17.2 Å². The van der Waals surface area contributed by atoms with Gasteiger partial charge in [0.1, 0.15) is 0 Å². The van der Waals surface area contributed by atoms with E-state index in [0.29, 0.717) is 5.56 Å². The minimum Gasteiger partial charge on any atom is -0.502 e. The van der Waals surface area contributed by atoms with Gasteiger partial charge in [-0.25, -0.2) is 5.43 Å². The lowest BCUT2D eigenvalue weighted by Gasteiger charge is -2.09. The van der Waals surface area contributed by atoms with Gasteiger partial charge in [-0.15, -0.1) is 0 Å². The number of aromatic hydroxyl groups is 1. The molecular weight excluding hydrogens is 365 g/mol. The van der Waals surface area contributed by atoms with Gasteiger partial charge in [0.15, 0.2) is 11.5 Å². The summed E-state index contributed by atoms with van der Waals surface area (Å²) in [6, 6.07) is 7.46. The van der Waals surface area contributed by atoms with Crippen molar-refractivity contribution >= 4 is 12.1 Å². The second-order valence-corrected chi connectivity index (χ2v) is 5.44. The molecular formula is C18H17F3N2O4. The lowest BCUT2D eigenvalue weighted by molar-refractivity contribution is -0.137. The Labute approximate surface area is 153 Å². The number of hydrazone groups is 1. The van der Waals surface area contributed by atoms with Gasteiger partial charge in [0.25, 0.3) is 0 Å². The van der Waals surface area contributed by atoms with Crippen LogP contribution in [0.2, 0.25) is 0 Å². The molecule has 0 atom stereocenters. The van der Waals surface area contributed by atoms with E-state index in [9.17, 15) is 23.1 Å². The fraction of sp³-hybridized carbons (Fsp3) is 0.222. The number of hydrogen-bond donors (Lipinski definition) is 2. The maximum atomic E-state index is 12.7. The van der Waals surface area contributed by atoms with Gasteiger partial charge in [0.05, 0.1) is 32.4 Å². The van der Waals surface area contributed by atoms with Crippen LogP contribution in [0, 0.1) is 0 Å². The SMILES string of the molecule is COc1cc(C=NNC(=O)Cc2cccc(C(F)(F)F)c2)cc(OC)c1O. The molecule has 0 aliphatic heterocycles. The second kappa shape index (κ2) is 8.43. The van der Waals surface area contributed by atoms with E-state index in [1.54, 1.807) is 0 Å². The number of amides is 1. The topological polar surface area (TPSA) is 80.2 Å². The van der Waals surface area contributed by atoms with E-state index in [-0.39, 0.29) is 29.2 Å². The fourth-order valence-electron chi connectivity index (χ4n) is 2.25. The molecule has 0 saturated carbocycles. The first-order chi connectivity index (χ1) is 12.7. The Kier molecular flexibility index (Phi) is 6.27. The number of methoxy groups -OCH3 is 2. The lowest BCUT2D eigenvalue weighted by atomic mass is 10.1. The third-order valence-electron chi connectivity index (χ3n) is 3.52. The first kappa shape index (κ1) is 20.1. The molecule has 0 fully saturated rings. The Bertz CT molecular complexity index is 826. The molecule has 0 bridgehead atoms. The quantitative estimate of drug-likeness (QED) is 0.594. The number of rotatable bonds is 6. The summed E-state index contributed by atoms with van der Waals surface area (Å²) >= 11 is 0. The molecule has 6 nitrogen and oxygen atoms in total. The van der Waals surface area contributed by atoms with Crippen molar-refractivity contribution in [2.24, 2.45) is 5.10 Å². The summed E-state index contributed by atoms with van der Waals surface area (Å²) < 4.78 is 48.1. The van der Waals surface area contributed by atoms with Crippen LogP contribution in [0.3, 0.4) is 0 Å². The summed E-state index contributed by atoms with van der Waals surface area (Å²) in [5.74, 6) is -0.439. The third kappa shape index (κ3) is 5.37. The van der Waals surface area contributed by atoms with Crippen LogP contribution in [0.4, 0.5) is 13.2 Å². The van der Waals surface area contributed by atoms with Gasteiger partial charge in [-0.05, 0) is 23.8 Å². The number of hydrogen-bond acceptors (Lipinski definition) is 5. The molecule has 0 spiro atoms. The number of halogens is 3. The molecule has 0 unspecified atom stereocenters. The number of carbonyl (C=O) groups is 1. The third-order valence-corrected chi connectivity index (χ3v) is 3.52. The van der Waals surface area contributed by atoms with Crippen LogP contribution in [0.1, 0.15) is 16.7 Å². The molecule has 2 aromatic carbocycles. The van der Waals surface area contributed by atoms with Gasteiger partial charge in [-0.3, -0.25) is 4.79 Å². The van der Waals surface area contributed by atoms with E-state index < -0.39 is 17.6 Å². The summed E-state index contributed by atoms with van der Waals surface area (Å²) in [6.45, 7) is 0. The molecule has 2 aromatic rings. The molecule has 0 heterocycles. The van der Waals surface area contributed by atoms with Crippen LogP contribution < -0.4 is 14.9 Å². The van der Waals surface area contributed by atoms with Gasteiger partial charge in [-0.1, -0.05) is 18.2 Å². The molecule has 0 aliphatic rings. The predicted octanol–water partition coefficient (Wildman–Crippen LogP) is 3.12. The van der Waals surface area contributed by atoms with E-state index in [2.05, 4.69) is 10.5 Å². The van der Waals surface area contributed by atoms with Gasteiger partial charge in [0.2, 0.25) is 11.7 Å². The highest BCUT2D eigenvalue weighted by Gasteiger charge is 2.30. The van der Waals surface area contributed by atoms with E-state index in [4.69, 9.17) is 9.47 Å². The number of nitrogens with one attached hydrogen (secondary N) is 1. The zero-order valence-corrected chi connectivity index (χ0v) is 14.5. The summed E-state index contributed by atoms with van der Waals surface area (Å²) in [4.78, 5) is 11.9. The smallest absolute Gasteiger partial charge is 0.416 e. The largest absolute Gasteiger partial charge is 0.502 e. The first-order valence-electron chi connectivity index (χ1n) is 7.67. The van der Waals surface area contributed by atoms with E-state index >= 15 is 0 Å². The normalized spacial score (nSPS) is 11.4. The molecule has 0 aliphatic carbocycles. The van der Waals surface area contributed by atoms with Crippen molar-refractivity contribution in [1.82, 2.24) is 5.43 Å². The van der Waals surface area contributed by atoms with Crippen LogP contribution in [0.15, 0.2) is 41.5 Å². The molecule has 2 N–H and O–H groups in total. The Morgan fingerprint density at radius 2 is 1.81 bits per heavy atom. The molecule has 2 rings (SSSR count). The maximum Gasteiger partial charge on any atom is 0.416 e. The Hall–Kier alpha value is -3.23. The number of alkyl halides is 3.